The van der Waals surface area contributed by atoms with Gasteiger partial charge in [0, 0.05) is 11.9 Å². The second-order valence-corrected chi connectivity index (χ2v) is 4.19. The lowest BCUT2D eigenvalue weighted by molar-refractivity contribution is 0.342. The van der Waals surface area contributed by atoms with E-state index in [0.29, 0.717) is 0 Å². The third-order valence-electron chi connectivity index (χ3n) is 1.93. The standard InChI is InChI=1S/C9H17N3S/c1-4-12(3)5-8-6-13-9(11-8)7(2)10/h6-7H,4-5,10H2,1-3H3. The highest BCUT2D eigenvalue weighted by Crippen LogP contribution is 2.16. The lowest BCUT2D eigenvalue weighted by atomic mass is 10.4. The molecule has 0 amide bonds. The molecular formula is C9H17N3S. The number of rotatable bonds is 4. The van der Waals surface area contributed by atoms with Crippen molar-refractivity contribution in [1.29, 1.82) is 0 Å². The monoisotopic (exact) mass is 199 g/mol. The second-order valence-electron chi connectivity index (χ2n) is 3.30. The minimum atomic E-state index is 0.0608. The molecule has 0 radical (unpaired) electrons. The number of hydrogen-bond donors (Lipinski definition) is 1. The maximum Gasteiger partial charge on any atom is 0.109 e. The average molecular weight is 199 g/mol. The van der Waals surface area contributed by atoms with E-state index in [1.54, 1.807) is 11.3 Å². The van der Waals surface area contributed by atoms with Gasteiger partial charge in [-0.25, -0.2) is 4.98 Å². The highest BCUT2D eigenvalue weighted by molar-refractivity contribution is 7.09. The summed E-state index contributed by atoms with van der Waals surface area (Å²) in [5, 5.41) is 3.12. The van der Waals surface area contributed by atoms with Crippen LogP contribution in [0.4, 0.5) is 0 Å². The van der Waals surface area contributed by atoms with Crippen LogP contribution in [-0.2, 0) is 6.54 Å². The van der Waals surface area contributed by atoms with Crippen LogP contribution >= 0.6 is 11.3 Å². The summed E-state index contributed by atoms with van der Waals surface area (Å²) >= 11 is 1.65. The SMILES string of the molecule is CCN(C)Cc1csc(C(C)N)n1. The Morgan fingerprint density at radius 1 is 1.69 bits per heavy atom. The molecule has 0 fully saturated rings. The Hall–Kier alpha value is -0.450. The molecule has 1 atom stereocenters. The fourth-order valence-corrected chi connectivity index (χ4v) is 1.76. The van der Waals surface area contributed by atoms with Crippen LogP contribution in [0.5, 0.6) is 0 Å². The van der Waals surface area contributed by atoms with E-state index in [1.807, 2.05) is 6.92 Å². The van der Waals surface area contributed by atoms with E-state index in [4.69, 9.17) is 5.73 Å². The molecular weight excluding hydrogens is 182 g/mol. The summed E-state index contributed by atoms with van der Waals surface area (Å²) in [6, 6.07) is 0.0608. The first-order chi connectivity index (χ1) is 6.13. The van der Waals surface area contributed by atoms with Gasteiger partial charge in [0.25, 0.3) is 0 Å². The Kier molecular flexibility index (Phi) is 3.84. The van der Waals surface area contributed by atoms with Crippen molar-refractivity contribution in [2.75, 3.05) is 13.6 Å². The predicted molar refractivity (Wildman–Crippen MR) is 56.7 cm³/mol. The number of thiazole rings is 1. The highest BCUT2D eigenvalue weighted by atomic mass is 32.1. The zero-order valence-electron chi connectivity index (χ0n) is 8.45. The largest absolute Gasteiger partial charge is 0.322 e. The fourth-order valence-electron chi connectivity index (χ4n) is 0.993. The van der Waals surface area contributed by atoms with Crippen molar-refractivity contribution in [2.24, 2.45) is 5.73 Å². The van der Waals surface area contributed by atoms with E-state index in [-0.39, 0.29) is 6.04 Å². The molecule has 13 heavy (non-hydrogen) atoms. The first-order valence-electron chi connectivity index (χ1n) is 4.52. The topological polar surface area (TPSA) is 42.1 Å². The molecule has 0 spiro atoms. The molecule has 74 valence electrons. The molecule has 0 aliphatic carbocycles. The van der Waals surface area contributed by atoms with Crippen LogP contribution < -0.4 is 5.73 Å². The summed E-state index contributed by atoms with van der Waals surface area (Å²) in [5.74, 6) is 0. The van der Waals surface area contributed by atoms with Gasteiger partial charge in [-0.05, 0) is 20.5 Å². The summed E-state index contributed by atoms with van der Waals surface area (Å²) in [7, 11) is 2.09. The van der Waals surface area contributed by atoms with Crippen LogP contribution in [0.15, 0.2) is 5.38 Å². The van der Waals surface area contributed by atoms with Crippen molar-refractivity contribution in [3.05, 3.63) is 16.1 Å². The quantitative estimate of drug-likeness (QED) is 0.801. The van der Waals surface area contributed by atoms with Crippen LogP contribution in [0.1, 0.15) is 30.6 Å². The summed E-state index contributed by atoms with van der Waals surface area (Å²) in [4.78, 5) is 6.67. The molecule has 1 rings (SSSR count). The molecule has 0 saturated carbocycles. The second kappa shape index (κ2) is 4.69. The molecule has 0 bridgehead atoms. The first kappa shape index (κ1) is 10.6. The fraction of sp³-hybridized carbons (Fsp3) is 0.667. The maximum atomic E-state index is 5.72. The van der Waals surface area contributed by atoms with Crippen molar-refractivity contribution < 1.29 is 0 Å². The molecule has 1 aromatic heterocycles. The molecule has 3 nitrogen and oxygen atoms in total. The summed E-state index contributed by atoms with van der Waals surface area (Å²) < 4.78 is 0. The van der Waals surface area contributed by atoms with Gasteiger partial charge in [0.1, 0.15) is 5.01 Å². The van der Waals surface area contributed by atoms with Crippen molar-refractivity contribution in [3.8, 4) is 0 Å². The Morgan fingerprint density at radius 2 is 2.38 bits per heavy atom. The van der Waals surface area contributed by atoms with Crippen LogP contribution in [0.3, 0.4) is 0 Å². The van der Waals surface area contributed by atoms with Crippen LogP contribution in [0, 0.1) is 0 Å². The Bertz CT molecular complexity index is 257. The van der Waals surface area contributed by atoms with E-state index in [0.717, 1.165) is 23.8 Å². The number of hydrogen-bond acceptors (Lipinski definition) is 4. The van der Waals surface area contributed by atoms with Gasteiger partial charge in [-0.15, -0.1) is 11.3 Å². The van der Waals surface area contributed by atoms with Gasteiger partial charge in [-0.1, -0.05) is 6.92 Å². The van der Waals surface area contributed by atoms with Crippen LogP contribution in [-0.4, -0.2) is 23.5 Å². The smallest absolute Gasteiger partial charge is 0.109 e. The molecule has 1 unspecified atom stereocenters. The highest BCUT2D eigenvalue weighted by Gasteiger charge is 2.06. The lowest BCUT2D eigenvalue weighted by Crippen LogP contribution is -2.17. The Labute approximate surface area is 83.6 Å². The Morgan fingerprint density at radius 3 is 2.85 bits per heavy atom. The molecule has 4 heteroatoms. The molecule has 0 saturated heterocycles. The van der Waals surface area contributed by atoms with Crippen LogP contribution in [0.2, 0.25) is 0 Å². The molecule has 0 aromatic carbocycles. The van der Waals surface area contributed by atoms with E-state index in [2.05, 4.69) is 29.2 Å². The Balaban J connectivity index is 2.58. The normalized spacial score (nSPS) is 13.6. The minimum Gasteiger partial charge on any atom is -0.322 e. The van der Waals surface area contributed by atoms with Crippen LogP contribution in [0.25, 0.3) is 0 Å². The van der Waals surface area contributed by atoms with Gasteiger partial charge in [-0.2, -0.15) is 0 Å². The first-order valence-corrected chi connectivity index (χ1v) is 5.40. The van der Waals surface area contributed by atoms with Crippen molar-refractivity contribution in [2.45, 2.75) is 26.4 Å². The molecule has 0 aliphatic rings. The number of nitrogens with two attached hydrogens (primary N) is 1. The lowest BCUT2D eigenvalue weighted by Gasteiger charge is -2.10. The van der Waals surface area contributed by atoms with Gasteiger partial charge >= 0.3 is 0 Å². The minimum absolute atomic E-state index is 0.0608. The molecule has 1 aromatic rings. The van der Waals surface area contributed by atoms with Crippen molar-refractivity contribution in [1.82, 2.24) is 9.88 Å². The van der Waals surface area contributed by atoms with E-state index >= 15 is 0 Å². The number of nitrogens with zero attached hydrogens (tertiary/aromatic N) is 2. The van der Waals surface area contributed by atoms with Gasteiger partial charge in [0.15, 0.2) is 0 Å². The van der Waals surface area contributed by atoms with Crippen molar-refractivity contribution >= 4 is 11.3 Å². The third-order valence-corrected chi connectivity index (χ3v) is 3.03. The van der Waals surface area contributed by atoms with Gasteiger partial charge < -0.3 is 10.6 Å². The van der Waals surface area contributed by atoms with E-state index in [1.165, 1.54) is 0 Å². The number of aromatic nitrogens is 1. The predicted octanol–water partition coefficient (Wildman–Crippen LogP) is 1.61. The summed E-state index contributed by atoms with van der Waals surface area (Å²) in [6.45, 7) is 6.07. The molecule has 1 heterocycles. The zero-order valence-corrected chi connectivity index (χ0v) is 9.27. The summed E-state index contributed by atoms with van der Waals surface area (Å²) in [5.41, 5.74) is 6.85. The molecule has 2 N–H and O–H groups in total. The molecule has 0 aliphatic heterocycles. The average Bonchev–Trinajstić information content (AvgIpc) is 2.52. The van der Waals surface area contributed by atoms with Gasteiger partial charge in [0.2, 0.25) is 0 Å². The van der Waals surface area contributed by atoms with E-state index < -0.39 is 0 Å². The van der Waals surface area contributed by atoms with Crippen molar-refractivity contribution in [3.63, 3.8) is 0 Å². The van der Waals surface area contributed by atoms with E-state index in [9.17, 15) is 0 Å². The van der Waals surface area contributed by atoms with Gasteiger partial charge in [-0.3, -0.25) is 0 Å². The maximum absolute atomic E-state index is 5.72. The van der Waals surface area contributed by atoms with Gasteiger partial charge in [0.05, 0.1) is 11.7 Å². The summed E-state index contributed by atoms with van der Waals surface area (Å²) in [6.07, 6.45) is 0. The third kappa shape index (κ3) is 3.06. The zero-order chi connectivity index (χ0) is 9.84.